The summed E-state index contributed by atoms with van der Waals surface area (Å²) in [7, 11) is 0. The van der Waals surface area contributed by atoms with E-state index in [0.29, 0.717) is 6.54 Å². The summed E-state index contributed by atoms with van der Waals surface area (Å²) in [5.41, 5.74) is 0.917. The van der Waals surface area contributed by atoms with E-state index in [4.69, 9.17) is 0 Å². The van der Waals surface area contributed by atoms with E-state index in [9.17, 15) is 9.90 Å². The van der Waals surface area contributed by atoms with E-state index in [1.165, 1.54) is 0 Å². The van der Waals surface area contributed by atoms with Gasteiger partial charge in [-0.2, -0.15) is 0 Å². The average molecular weight is 235 g/mol. The van der Waals surface area contributed by atoms with Gasteiger partial charge >= 0.3 is 5.97 Å². The summed E-state index contributed by atoms with van der Waals surface area (Å²) < 4.78 is 0. The lowest BCUT2D eigenvalue weighted by Gasteiger charge is -2.37. The van der Waals surface area contributed by atoms with Crippen molar-refractivity contribution < 1.29 is 9.90 Å². The molecule has 1 fully saturated rings. The molecule has 17 heavy (non-hydrogen) atoms. The fourth-order valence-corrected chi connectivity index (χ4v) is 2.21. The molecule has 1 aromatic rings. The van der Waals surface area contributed by atoms with Crippen molar-refractivity contribution in [1.29, 1.82) is 0 Å². The number of hydrogen-bond acceptors (Lipinski definition) is 4. The molecule has 2 heterocycles. The number of aromatic nitrogens is 1. The summed E-state index contributed by atoms with van der Waals surface area (Å²) in [5, 5.41) is 12.3. The average Bonchev–Trinajstić information content (AvgIpc) is 2.39. The monoisotopic (exact) mass is 235 g/mol. The molecule has 5 heteroatoms. The number of carboxylic acid groups (broad SMARTS) is 1. The molecular weight excluding hydrogens is 218 g/mol. The first-order valence-electron chi connectivity index (χ1n) is 5.80. The number of aliphatic carboxylic acids is 1. The van der Waals surface area contributed by atoms with E-state index in [1.54, 1.807) is 6.20 Å². The van der Waals surface area contributed by atoms with E-state index in [1.807, 2.05) is 30.0 Å². The van der Waals surface area contributed by atoms with Crippen molar-refractivity contribution >= 4 is 5.97 Å². The maximum atomic E-state index is 11.2. The molecule has 0 aromatic carbocycles. The lowest BCUT2D eigenvalue weighted by atomic mass is 10.1. The number of piperazine rings is 1. The van der Waals surface area contributed by atoms with Crippen LogP contribution < -0.4 is 5.32 Å². The van der Waals surface area contributed by atoms with Crippen LogP contribution in [0.4, 0.5) is 0 Å². The van der Waals surface area contributed by atoms with Crippen molar-refractivity contribution in [3.63, 3.8) is 0 Å². The van der Waals surface area contributed by atoms with Crippen LogP contribution in [0, 0.1) is 0 Å². The zero-order valence-electron chi connectivity index (χ0n) is 9.84. The Morgan fingerprint density at radius 1 is 1.65 bits per heavy atom. The maximum Gasteiger partial charge on any atom is 0.322 e. The van der Waals surface area contributed by atoms with Crippen molar-refractivity contribution in [3.05, 3.63) is 30.1 Å². The van der Waals surface area contributed by atoms with E-state index in [2.05, 4.69) is 10.3 Å². The molecule has 1 aliphatic heterocycles. The van der Waals surface area contributed by atoms with Crippen LogP contribution in [0.25, 0.3) is 0 Å². The van der Waals surface area contributed by atoms with Crippen LogP contribution in [-0.4, -0.2) is 46.6 Å². The molecule has 0 spiro atoms. The van der Waals surface area contributed by atoms with E-state index >= 15 is 0 Å². The van der Waals surface area contributed by atoms with Crippen LogP contribution in [-0.2, 0) is 4.79 Å². The Morgan fingerprint density at radius 2 is 2.47 bits per heavy atom. The normalized spacial score (nSPS) is 23.2. The second-order valence-corrected chi connectivity index (χ2v) is 4.23. The first kappa shape index (κ1) is 12.0. The summed E-state index contributed by atoms with van der Waals surface area (Å²) in [6, 6.07) is 5.28. The predicted octanol–water partition coefficient (Wildman–Crippen LogP) is 0.501. The Balaban J connectivity index is 2.16. The van der Waals surface area contributed by atoms with Crippen molar-refractivity contribution in [2.24, 2.45) is 0 Å². The van der Waals surface area contributed by atoms with Crippen LogP contribution in [0.3, 0.4) is 0 Å². The number of carbonyl (C=O) groups is 1. The third kappa shape index (κ3) is 2.62. The minimum atomic E-state index is -0.778. The highest BCUT2D eigenvalue weighted by Crippen LogP contribution is 2.21. The van der Waals surface area contributed by atoms with Gasteiger partial charge < -0.3 is 10.4 Å². The fraction of sp³-hybridized carbons (Fsp3) is 0.500. The molecule has 2 N–H and O–H groups in total. The van der Waals surface area contributed by atoms with Gasteiger partial charge in [0.25, 0.3) is 0 Å². The van der Waals surface area contributed by atoms with E-state index < -0.39 is 12.0 Å². The molecular formula is C12H17N3O2. The van der Waals surface area contributed by atoms with Crippen molar-refractivity contribution in [1.82, 2.24) is 15.2 Å². The third-order valence-corrected chi connectivity index (χ3v) is 3.18. The second-order valence-electron chi connectivity index (χ2n) is 4.23. The molecule has 0 bridgehead atoms. The molecule has 0 aliphatic carbocycles. The Labute approximate surface area is 100 Å². The maximum absolute atomic E-state index is 11.2. The molecule has 0 unspecified atom stereocenters. The highest BCUT2D eigenvalue weighted by Gasteiger charge is 2.32. The number of nitrogens with one attached hydrogen (secondary N) is 1. The molecule has 2 atom stereocenters. The zero-order valence-corrected chi connectivity index (χ0v) is 9.84. The molecule has 1 aromatic heterocycles. The molecule has 0 radical (unpaired) electrons. The highest BCUT2D eigenvalue weighted by atomic mass is 16.4. The Morgan fingerprint density at radius 3 is 3.12 bits per heavy atom. The van der Waals surface area contributed by atoms with Gasteiger partial charge in [0.15, 0.2) is 0 Å². The van der Waals surface area contributed by atoms with Crippen molar-refractivity contribution in [3.8, 4) is 0 Å². The Hall–Kier alpha value is -1.46. The molecule has 0 saturated carbocycles. The van der Waals surface area contributed by atoms with Gasteiger partial charge in [-0.3, -0.25) is 14.7 Å². The lowest BCUT2D eigenvalue weighted by molar-refractivity contribution is -0.145. The SMILES string of the molecule is C[C@H](c1ccccn1)N1CCNC[C@H]1C(=O)O. The lowest BCUT2D eigenvalue weighted by Crippen LogP contribution is -2.55. The molecule has 5 nitrogen and oxygen atoms in total. The predicted molar refractivity (Wildman–Crippen MR) is 63.7 cm³/mol. The van der Waals surface area contributed by atoms with Gasteiger partial charge in [0.1, 0.15) is 6.04 Å². The number of nitrogens with zero attached hydrogens (tertiary/aromatic N) is 2. The van der Waals surface area contributed by atoms with Crippen LogP contribution in [0.2, 0.25) is 0 Å². The van der Waals surface area contributed by atoms with E-state index in [-0.39, 0.29) is 6.04 Å². The summed E-state index contributed by atoms with van der Waals surface area (Å²) in [5.74, 6) is -0.778. The van der Waals surface area contributed by atoms with Crippen molar-refractivity contribution in [2.75, 3.05) is 19.6 Å². The highest BCUT2D eigenvalue weighted by molar-refractivity contribution is 5.74. The first-order chi connectivity index (χ1) is 8.20. The van der Waals surface area contributed by atoms with Gasteiger partial charge in [-0.25, -0.2) is 0 Å². The van der Waals surface area contributed by atoms with E-state index in [0.717, 1.165) is 18.8 Å². The van der Waals surface area contributed by atoms with Gasteiger partial charge in [0.2, 0.25) is 0 Å². The molecule has 0 amide bonds. The zero-order chi connectivity index (χ0) is 12.3. The largest absolute Gasteiger partial charge is 0.480 e. The summed E-state index contributed by atoms with van der Waals surface area (Å²) in [6.45, 7) is 4.05. The number of pyridine rings is 1. The smallest absolute Gasteiger partial charge is 0.322 e. The second kappa shape index (κ2) is 5.25. The minimum absolute atomic E-state index is 0.0272. The van der Waals surface area contributed by atoms with Crippen LogP contribution in [0.1, 0.15) is 18.7 Å². The third-order valence-electron chi connectivity index (χ3n) is 3.18. The number of carboxylic acids is 1. The van der Waals surface area contributed by atoms with Crippen molar-refractivity contribution in [2.45, 2.75) is 19.0 Å². The van der Waals surface area contributed by atoms with Crippen LogP contribution >= 0.6 is 0 Å². The van der Waals surface area contributed by atoms with Gasteiger partial charge in [-0.05, 0) is 19.1 Å². The summed E-state index contributed by atoms with van der Waals surface area (Å²) in [6.07, 6.45) is 1.74. The first-order valence-corrected chi connectivity index (χ1v) is 5.80. The van der Waals surface area contributed by atoms with Crippen LogP contribution in [0.15, 0.2) is 24.4 Å². The quantitative estimate of drug-likeness (QED) is 0.798. The van der Waals surface area contributed by atoms with Gasteiger partial charge in [-0.1, -0.05) is 6.07 Å². The Bertz CT molecular complexity index is 383. The number of hydrogen-bond donors (Lipinski definition) is 2. The molecule has 1 saturated heterocycles. The molecule has 2 rings (SSSR count). The standard InChI is InChI=1S/C12H17N3O2/c1-9(10-4-2-3-5-14-10)15-7-6-13-8-11(15)12(16)17/h2-5,9,11,13H,6-8H2,1H3,(H,16,17)/t9-,11+/m1/s1. The van der Waals surface area contributed by atoms with Crippen LogP contribution in [0.5, 0.6) is 0 Å². The summed E-state index contributed by atoms with van der Waals surface area (Å²) in [4.78, 5) is 17.5. The minimum Gasteiger partial charge on any atom is -0.480 e. The fourth-order valence-electron chi connectivity index (χ4n) is 2.21. The van der Waals surface area contributed by atoms with Gasteiger partial charge in [0.05, 0.1) is 11.7 Å². The summed E-state index contributed by atoms with van der Waals surface area (Å²) >= 11 is 0. The Kier molecular flexibility index (Phi) is 3.71. The molecule has 92 valence electrons. The topological polar surface area (TPSA) is 65.5 Å². The van der Waals surface area contributed by atoms with Gasteiger partial charge in [0, 0.05) is 25.8 Å². The molecule has 1 aliphatic rings. The van der Waals surface area contributed by atoms with Gasteiger partial charge in [-0.15, -0.1) is 0 Å². The number of rotatable bonds is 3.